The van der Waals surface area contributed by atoms with E-state index in [-0.39, 0.29) is 24.1 Å². The molecule has 0 amide bonds. The van der Waals surface area contributed by atoms with Crippen molar-refractivity contribution < 1.29 is 27.9 Å². The Balaban J connectivity index is 1.63. The van der Waals surface area contributed by atoms with Crippen molar-refractivity contribution in [2.24, 2.45) is 5.16 Å². The quantitative estimate of drug-likeness (QED) is 0.169. The van der Waals surface area contributed by atoms with E-state index in [0.717, 1.165) is 38.2 Å². The molecule has 0 atom stereocenters. The molecule has 0 saturated heterocycles. The van der Waals surface area contributed by atoms with E-state index in [0.29, 0.717) is 41.2 Å². The van der Waals surface area contributed by atoms with E-state index >= 15 is 0 Å². The molecule has 0 radical (unpaired) electrons. The first-order valence-electron chi connectivity index (χ1n) is 11.6. The summed E-state index contributed by atoms with van der Waals surface area (Å²) in [6.45, 7) is 2.23. The third-order valence-electron chi connectivity index (χ3n) is 6.03. The summed E-state index contributed by atoms with van der Waals surface area (Å²) in [4.78, 5) is 20.2. The summed E-state index contributed by atoms with van der Waals surface area (Å²) >= 11 is 6.21. The number of aliphatic carboxylic acids is 1. The van der Waals surface area contributed by atoms with Gasteiger partial charge in [0.25, 0.3) is 0 Å². The predicted molar refractivity (Wildman–Crippen MR) is 127 cm³/mol. The van der Waals surface area contributed by atoms with Gasteiger partial charge >= 0.3 is 12.1 Å². The normalized spacial score (nSPS) is 15.3. The fourth-order valence-electron chi connectivity index (χ4n) is 4.17. The Morgan fingerprint density at radius 3 is 2.63 bits per heavy atom. The molecular formula is C25H29ClF3N3O3. The second-order valence-electron chi connectivity index (χ2n) is 8.67. The number of alkyl halides is 3. The average Bonchev–Trinajstić information content (AvgIpc) is 2.82. The SMILES string of the molecule is C/C(=N/OCc1ccc(C2CCCCC2)c(C(F)(F)F)c1)c1ccc(CNCCC(=O)O)c(Cl)n1. The molecule has 1 fully saturated rings. The Morgan fingerprint density at radius 1 is 1.23 bits per heavy atom. The van der Waals surface area contributed by atoms with Crippen LogP contribution in [0.25, 0.3) is 0 Å². The molecule has 1 aliphatic carbocycles. The van der Waals surface area contributed by atoms with Crippen molar-refractivity contribution in [3.8, 4) is 0 Å². The monoisotopic (exact) mass is 511 g/mol. The molecule has 1 aliphatic rings. The first kappa shape index (κ1) is 26.9. The van der Waals surface area contributed by atoms with Crippen molar-refractivity contribution in [2.75, 3.05) is 6.54 Å². The highest BCUT2D eigenvalue weighted by molar-refractivity contribution is 6.30. The summed E-state index contributed by atoms with van der Waals surface area (Å²) in [7, 11) is 0. The lowest BCUT2D eigenvalue weighted by molar-refractivity contribution is -0.139. The number of rotatable bonds is 10. The number of aromatic nitrogens is 1. The lowest BCUT2D eigenvalue weighted by Crippen LogP contribution is -2.18. The number of hydrogen-bond acceptors (Lipinski definition) is 5. The van der Waals surface area contributed by atoms with E-state index in [2.05, 4.69) is 15.5 Å². The van der Waals surface area contributed by atoms with E-state index in [9.17, 15) is 18.0 Å². The van der Waals surface area contributed by atoms with Gasteiger partial charge in [-0.3, -0.25) is 4.79 Å². The van der Waals surface area contributed by atoms with Crippen molar-refractivity contribution in [1.29, 1.82) is 0 Å². The van der Waals surface area contributed by atoms with Gasteiger partial charge in [-0.15, -0.1) is 0 Å². The third kappa shape index (κ3) is 7.93. The number of carbonyl (C=O) groups is 1. The lowest BCUT2D eigenvalue weighted by Gasteiger charge is -2.25. The zero-order valence-corrected chi connectivity index (χ0v) is 20.3. The average molecular weight is 512 g/mol. The van der Waals surface area contributed by atoms with Gasteiger partial charge in [-0.05, 0) is 48.9 Å². The minimum atomic E-state index is -4.42. The number of pyridine rings is 1. The van der Waals surface area contributed by atoms with Crippen LogP contribution in [-0.4, -0.2) is 28.3 Å². The first-order valence-corrected chi connectivity index (χ1v) is 12.0. The lowest BCUT2D eigenvalue weighted by atomic mass is 9.81. The van der Waals surface area contributed by atoms with Crippen molar-refractivity contribution in [3.63, 3.8) is 0 Å². The molecule has 0 unspecified atom stereocenters. The Hall–Kier alpha value is -2.65. The summed E-state index contributed by atoms with van der Waals surface area (Å²) in [5.74, 6) is -0.944. The first-order chi connectivity index (χ1) is 16.6. The molecule has 1 saturated carbocycles. The molecule has 0 aliphatic heterocycles. The summed E-state index contributed by atoms with van der Waals surface area (Å²) in [6, 6.07) is 7.86. The van der Waals surface area contributed by atoms with Gasteiger partial charge < -0.3 is 15.3 Å². The molecule has 6 nitrogen and oxygen atoms in total. The minimum Gasteiger partial charge on any atom is -0.481 e. The molecule has 3 rings (SSSR count). The molecule has 0 spiro atoms. The van der Waals surface area contributed by atoms with Crippen LogP contribution in [0.15, 0.2) is 35.5 Å². The number of nitrogens with zero attached hydrogens (tertiary/aromatic N) is 2. The zero-order valence-electron chi connectivity index (χ0n) is 19.5. The molecular weight excluding hydrogens is 483 g/mol. The topological polar surface area (TPSA) is 83.8 Å². The molecule has 1 aromatic carbocycles. The Morgan fingerprint density at radius 2 is 1.97 bits per heavy atom. The van der Waals surface area contributed by atoms with E-state index in [1.54, 1.807) is 31.2 Å². The maximum atomic E-state index is 13.7. The van der Waals surface area contributed by atoms with Gasteiger partial charge in [0.15, 0.2) is 0 Å². The third-order valence-corrected chi connectivity index (χ3v) is 6.36. The largest absolute Gasteiger partial charge is 0.481 e. The smallest absolute Gasteiger partial charge is 0.416 e. The molecule has 10 heteroatoms. The van der Waals surface area contributed by atoms with E-state index in [1.165, 1.54) is 0 Å². The minimum absolute atomic E-state index is 0.00000789. The van der Waals surface area contributed by atoms with E-state index in [1.807, 2.05) is 0 Å². The molecule has 190 valence electrons. The predicted octanol–water partition coefficient (Wildman–Crippen LogP) is 6.31. The number of carboxylic acids is 1. The summed E-state index contributed by atoms with van der Waals surface area (Å²) in [6.07, 6.45) is 0.146. The summed E-state index contributed by atoms with van der Waals surface area (Å²) in [5.41, 5.74) is 1.76. The van der Waals surface area contributed by atoms with Gasteiger partial charge in [-0.2, -0.15) is 13.2 Å². The summed E-state index contributed by atoms with van der Waals surface area (Å²) in [5, 5.41) is 15.9. The fourth-order valence-corrected chi connectivity index (χ4v) is 4.39. The number of halogens is 4. The number of oxime groups is 1. The van der Waals surface area contributed by atoms with Crippen LogP contribution in [0, 0.1) is 0 Å². The molecule has 35 heavy (non-hydrogen) atoms. The van der Waals surface area contributed by atoms with Crippen LogP contribution in [0.4, 0.5) is 13.2 Å². The summed E-state index contributed by atoms with van der Waals surface area (Å²) < 4.78 is 41.2. The van der Waals surface area contributed by atoms with Gasteiger partial charge in [0, 0.05) is 18.7 Å². The van der Waals surface area contributed by atoms with Gasteiger partial charge in [0.1, 0.15) is 17.5 Å². The van der Waals surface area contributed by atoms with Crippen LogP contribution in [0.1, 0.15) is 79.3 Å². The number of carboxylic acid groups (broad SMARTS) is 1. The maximum Gasteiger partial charge on any atom is 0.416 e. The van der Waals surface area contributed by atoms with Gasteiger partial charge in [-0.25, -0.2) is 4.98 Å². The van der Waals surface area contributed by atoms with Crippen molar-refractivity contribution in [3.05, 3.63) is 63.4 Å². The highest BCUT2D eigenvalue weighted by Crippen LogP contribution is 2.41. The highest BCUT2D eigenvalue weighted by Gasteiger charge is 2.35. The molecule has 0 bridgehead atoms. The maximum absolute atomic E-state index is 13.7. The van der Waals surface area contributed by atoms with Crippen LogP contribution in [0.5, 0.6) is 0 Å². The van der Waals surface area contributed by atoms with Crippen LogP contribution in [0.2, 0.25) is 5.15 Å². The molecule has 1 aromatic heterocycles. The molecule has 1 heterocycles. The number of benzene rings is 1. The van der Waals surface area contributed by atoms with Gasteiger partial charge in [0.05, 0.1) is 17.7 Å². The van der Waals surface area contributed by atoms with Crippen molar-refractivity contribution >= 4 is 23.3 Å². The van der Waals surface area contributed by atoms with Crippen molar-refractivity contribution in [1.82, 2.24) is 10.3 Å². The number of hydrogen-bond donors (Lipinski definition) is 2. The standard InChI is InChI=1S/C25H29ClF3N3O3/c1-16(22-10-8-19(24(26)31-22)14-30-12-11-23(33)34)32-35-15-17-7-9-20(18-5-3-2-4-6-18)21(13-17)25(27,28)29/h7-10,13,18,30H,2-6,11-12,14-15H2,1H3,(H,33,34)/b32-16-. The second kappa shape index (κ2) is 12.4. The van der Waals surface area contributed by atoms with Gasteiger partial charge in [0.2, 0.25) is 0 Å². The van der Waals surface area contributed by atoms with Gasteiger partial charge in [-0.1, -0.05) is 54.2 Å². The Kier molecular flexibility index (Phi) is 9.51. The molecule has 2 aromatic rings. The fraction of sp³-hybridized carbons (Fsp3) is 0.480. The van der Waals surface area contributed by atoms with Crippen LogP contribution >= 0.6 is 11.6 Å². The van der Waals surface area contributed by atoms with Crippen LogP contribution in [-0.2, 0) is 29.0 Å². The van der Waals surface area contributed by atoms with E-state index in [4.69, 9.17) is 21.5 Å². The second-order valence-corrected chi connectivity index (χ2v) is 9.03. The van der Waals surface area contributed by atoms with E-state index < -0.39 is 17.7 Å². The number of nitrogens with one attached hydrogen (secondary N) is 1. The Bertz CT molecular complexity index is 1050. The Labute approximate surface area is 207 Å². The zero-order chi connectivity index (χ0) is 25.4. The highest BCUT2D eigenvalue weighted by atomic mass is 35.5. The van der Waals surface area contributed by atoms with Crippen LogP contribution < -0.4 is 5.32 Å². The molecule has 2 N–H and O–H groups in total. The van der Waals surface area contributed by atoms with Crippen LogP contribution in [0.3, 0.4) is 0 Å². The van der Waals surface area contributed by atoms with Crippen molar-refractivity contribution in [2.45, 2.75) is 70.7 Å².